The monoisotopic (exact) mass is 194 g/mol. The van der Waals surface area contributed by atoms with E-state index in [1.165, 1.54) is 12.8 Å². The fraction of sp³-hybridized carbons (Fsp3) is 0.800. The second kappa shape index (κ2) is 2.72. The van der Waals surface area contributed by atoms with Crippen molar-refractivity contribution in [2.24, 2.45) is 11.8 Å². The lowest BCUT2D eigenvalue weighted by atomic mass is 9.66. The molecule has 0 aromatic rings. The van der Waals surface area contributed by atoms with E-state index in [0.29, 0.717) is 5.92 Å². The van der Waals surface area contributed by atoms with Gasteiger partial charge >= 0.3 is 6.03 Å². The molecule has 0 spiro atoms. The van der Waals surface area contributed by atoms with Crippen molar-refractivity contribution in [3.05, 3.63) is 0 Å². The van der Waals surface area contributed by atoms with E-state index in [-0.39, 0.29) is 23.9 Å². The molecule has 4 heteroatoms. The Hall–Kier alpha value is -1.06. The van der Waals surface area contributed by atoms with Gasteiger partial charge in [0.1, 0.15) is 0 Å². The molecule has 1 N–H and O–H groups in total. The van der Waals surface area contributed by atoms with E-state index in [1.807, 2.05) is 4.90 Å². The van der Waals surface area contributed by atoms with Crippen LogP contribution in [-0.2, 0) is 4.79 Å². The molecule has 3 amide bonds. The van der Waals surface area contributed by atoms with Crippen LogP contribution in [0.2, 0.25) is 0 Å². The summed E-state index contributed by atoms with van der Waals surface area (Å²) in [5.41, 5.74) is 0. The first-order valence-electron chi connectivity index (χ1n) is 5.39. The zero-order chi connectivity index (χ0) is 9.71. The minimum atomic E-state index is -0.164. The van der Waals surface area contributed by atoms with Crippen molar-refractivity contribution in [2.75, 3.05) is 6.54 Å². The smallest absolute Gasteiger partial charge is 0.320 e. The number of nitrogens with one attached hydrogen (secondary N) is 1. The van der Waals surface area contributed by atoms with Crippen molar-refractivity contribution < 1.29 is 9.59 Å². The van der Waals surface area contributed by atoms with Crippen molar-refractivity contribution in [3.63, 3.8) is 0 Å². The van der Waals surface area contributed by atoms with Gasteiger partial charge in [0, 0.05) is 12.6 Å². The van der Waals surface area contributed by atoms with E-state index < -0.39 is 0 Å². The molecule has 0 radical (unpaired) electrons. The van der Waals surface area contributed by atoms with Gasteiger partial charge in [0.05, 0.1) is 5.92 Å². The van der Waals surface area contributed by atoms with Crippen LogP contribution in [0.5, 0.6) is 0 Å². The average molecular weight is 194 g/mol. The molecule has 14 heavy (non-hydrogen) atoms. The fourth-order valence-corrected chi connectivity index (χ4v) is 3.10. The van der Waals surface area contributed by atoms with Gasteiger partial charge in [-0.1, -0.05) is 6.42 Å². The van der Waals surface area contributed by atoms with Gasteiger partial charge in [0.2, 0.25) is 5.91 Å². The molecule has 0 bridgehead atoms. The van der Waals surface area contributed by atoms with Gasteiger partial charge in [-0.05, 0) is 25.2 Å². The molecule has 4 nitrogen and oxygen atoms in total. The lowest BCUT2D eigenvalue weighted by Crippen LogP contribution is -2.67. The number of hydrogen-bond donors (Lipinski definition) is 1. The van der Waals surface area contributed by atoms with Crippen molar-refractivity contribution in [2.45, 2.75) is 31.7 Å². The number of amides is 3. The number of carbonyl (C=O) groups excluding carboxylic acids is 2. The predicted molar refractivity (Wildman–Crippen MR) is 49.5 cm³/mol. The molecular formula is C10H14N2O2. The van der Waals surface area contributed by atoms with Crippen molar-refractivity contribution in [1.29, 1.82) is 0 Å². The Labute approximate surface area is 82.6 Å². The van der Waals surface area contributed by atoms with Crippen LogP contribution in [0.25, 0.3) is 0 Å². The molecule has 0 aromatic carbocycles. The van der Waals surface area contributed by atoms with Crippen molar-refractivity contribution in [3.8, 4) is 0 Å². The molecule has 2 saturated heterocycles. The number of imide groups is 1. The van der Waals surface area contributed by atoms with Crippen molar-refractivity contribution >= 4 is 11.9 Å². The summed E-state index contributed by atoms with van der Waals surface area (Å²) in [5, 5.41) is 2.44. The van der Waals surface area contributed by atoms with Gasteiger partial charge in [-0.15, -0.1) is 0 Å². The third kappa shape index (κ3) is 0.938. The van der Waals surface area contributed by atoms with Gasteiger partial charge in [0.15, 0.2) is 0 Å². The topological polar surface area (TPSA) is 49.4 Å². The second-order valence-electron chi connectivity index (χ2n) is 4.58. The normalized spacial score (nSPS) is 40.9. The van der Waals surface area contributed by atoms with E-state index in [2.05, 4.69) is 5.32 Å². The van der Waals surface area contributed by atoms with Gasteiger partial charge in [-0.2, -0.15) is 0 Å². The summed E-state index contributed by atoms with van der Waals surface area (Å²) in [6.45, 7) is 0.830. The highest BCUT2D eigenvalue weighted by Crippen LogP contribution is 2.44. The maximum Gasteiger partial charge on any atom is 0.324 e. The maximum atomic E-state index is 11.6. The van der Waals surface area contributed by atoms with Gasteiger partial charge in [-0.25, -0.2) is 4.79 Å². The molecule has 0 unspecified atom stereocenters. The van der Waals surface area contributed by atoms with Gasteiger partial charge in [-0.3, -0.25) is 10.1 Å². The fourth-order valence-electron chi connectivity index (χ4n) is 3.10. The lowest BCUT2D eigenvalue weighted by molar-refractivity contribution is -0.136. The van der Waals surface area contributed by atoms with Crippen LogP contribution in [0.1, 0.15) is 25.7 Å². The summed E-state index contributed by atoms with van der Waals surface area (Å²) < 4.78 is 0. The largest absolute Gasteiger partial charge is 0.324 e. The van der Waals surface area contributed by atoms with E-state index in [1.54, 1.807) is 0 Å². The first kappa shape index (κ1) is 8.26. The zero-order valence-electron chi connectivity index (χ0n) is 8.03. The minimum absolute atomic E-state index is 0.0469. The van der Waals surface area contributed by atoms with Crippen LogP contribution in [0.4, 0.5) is 4.79 Å². The van der Waals surface area contributed by atoms with Crippen molar-refractivity contribution in [1.82, 2.24) is 10.2 Å². The molecule has 2 heterocycles. The highest BCUT2D eigenvalue weighted by Gasteiger charge is 2.53. The molecule has 2 aliphatic heterocycles. The number of nitrogens with zero attached hydrogens (tertiary/aromatic N) is 1. The highest BCUT2D eigenvalue weighted by molar-refractivity contribution is 5.99. The Morgan fingerprint density at radius 3 is 3.00 bits per heavy atom. The third-order valence-electron chi connectivity index (χ3n) is 3.86. The first-order chi connectivity index (χ1) is 6.77. The standard InChI is InChI=1S/C10H14N2O2/c13-9-7-5-6-3-1-2-4-12(8(6)7)10(14)11-9/h6-8H,1-5H2,(H,11,13,14)/t6-,7+,8-/m1/s1. The zero-order valence-corrected chi connectivity index (χ0v) is 8.03. The molecule has 3 rings (SSSR count). The van der Waals surface area contributed by atoms with E-state index in [4.69, 9.17) is 0 Å². The van der Waals surface area contributed by atoms with Crippen LogP contribution in [0.15, 0.2) is 0 Å². The minimum Gasteiger partial charge on any atom is -0.320 e. The molecule has 3 aliphatic rings. The van der Waals surface area contributed by atoms with E-state index >= 15 is 0 Å². The Morgan fingerprint density at radius 2 is 2.14 bits per heavy atom. The SMILES string of the molecule is O=C1NC(=O)N2CCCC[C@@H]3C[C@H]1[C@@H]32. The maximum absolute atomic E-state index is 11.6. The summed E-state index contributed by atoms with van der Waals surface area (Å²) in [6, 6.07) is 0.0709. The van der Waals surface area contributed by atoms with Crippen LogP contribution >= 0.6 is 0 Å². The molecule has 3 atom stereocenters. The van der Waals surface area contributed by atoms with Crippen LogP contribution < -0.4 is 5.32 Å². The van der Waals surface area contributed by atoms with Gasteiger partial charge in [0.25, 0.3) is 0 Å². The molecule has 0 aromatic heterocycles. The molecule has 1 aliphatic carbocycles. The van der Waals surface area contributed by atoms with E-state index in [0.717, 1.165) is 19.4 Å². The average Bonchev–Trinajstić information content (AvgIpc) is 2.26. The Morgan fingerprint density at radius 1 is 1.29 bits per heavy atom. The van der Waals surface area contributed by atoms with Gasteiger partial charge < -0.3 is 4.90 Å². The predicted octanol–water partition coefficient (Wildman–Crippen LogP) is 0.727. The Bertz CT molecular complexity index is 302. The quantitative estimate of drug-likeness (QED) is 0.618. The van der Waals surface area contributed by atoms with Crippen LogP contribution in [-0.4, -0.2) is 29.4 Å². The number of carbonyl (C=O) groups is 2. The summed E-state index contributed by atoms with van der Waals surface area (Å²) in [6.07, 6.45) is 4.46. The molecule has 1 saturated carbocycles. The second-order valence-corrected chi connectivity index (χ2v) is 4.58. The van der Waals surface area contributed by atoms with Crippen LogP contribution in [0, 0.1) is 11.8 Å². The van der Waals surface area contributed by atoms with Crippen LogP contribution in [0.3, 0.4) is 0 Å². The summed E-state index contributed by atoms with van der Waals surface area (Å²) >= 11 is 0. The Kier molecular flexibility index (Phi) is 1.60. The summed E-state index contributed by atoms with van der Waals surface area (Å²) in [4.78, 5) is 24.9. The number of urea groups is 1. The number of hydrogen-bond acceptors (Lipinski definition) is 2. The highest BCUT2D eigenvalue weighted by atomic mass is 16.2. The first-order valence-corrected chi connectivity index (χ1v) is 5.39. The summed E-state index contributed by atoms with van der Waals surface area (Å²) in [7, 11) is 0. The molecular weight excluding hydrogens is 180 g/mol. The lowest BCUT2D eigenvalue weighted by Gasteiger charge is -2.51. The van der Waals surface area contributed by atoms with E-state index in [9.17, 15) is 9.59 Å². The molecule has 3 fully saturated rings. The summed E-state index contributed by atoms with van der Waals surface area (Å²) in [5.74, 6) is 0.641. The molecule has 76 valence electrons. The Balaban J connectivity index is 1.90. The number of rotatable bonds is 0. The third-order valence-corrected chi connectivity index (χ3v) is 3.86.